The number of nitrogens with one attached hydrogen (secondary N) is 1. The summed E-state index contributed by atoms with van der Waals surface area (Å²) in [6.45, 7) is 4.53. The molecule has 0 fully saturated rings. The number of hydrazone groups is 1. The van der Waals surface area contributed by atoms with Crippen LogP contribution in [0.25, 0.3) is 0 Å². The van der Waals surface area contributed by atoms with Crippen molar-refractivity contribution in [3.63, 3.8) is 0 Å². The van der Waals surface area contributed by atoms with Crippen molar-refractivity contribution in [2.45, 2.75) is 13.8 Å². The number of hydrogen-bond donors (Lipinski definition) is 1. The molecule has 3 aromatic rings. The minimum atomic E-state index is -0.550. The summed E-state index contributed by atoms with van der Waals surface area (Å²) in [5.74, 6) is 0.145. The first-order valence-electron chi connectivity index (χ1n) is 10.7. The lowest BCUT2D eigenvalue weighted by Gasteiger charge is -2.11. The standard InChI is InChI=1S/C25H23N3O7/c1-3-33-21-12-8-19(9-13-21)25(30)35-22-14-5-17(15-23(22)34-4-2)16-26-27-24(29)18-6-10-20(11-7-18)28(31)32/h5-16H,3-4H2,1-2H3,(H,27,29)/b26-16+. The van der Waals surface area contributed by atoms with Gasteiger partial charge in [-0.15, -0.1) is 0 Å². The van der Waals surface area contributed by atoms with E-state index in [0.717, 1.165) is 0 Å². The van der Waals surface area contributed by atoms with Gasteiger partial charge < -0.3 is 14.2 Å². The van der Waals surface area contributed by atoms with Crippen LogP contribution in [-0.4, -0.2) is 36.2 Å². The molecule has 0 unspecified atom stereocenters. The molecule has 0 aliphatic rings. The van der Waals surface area contributed by atoms with Crippen LogP contribution in [0.3, 0.4) is 0 Å². The van der Waals surface area contributed by atoms with Gasteiger partial charge in [-0.3, -0.25) is 14.9 Å². The fraction of sp³-hybridized carbons (Fsp3) is 0.160. The summed E-state index contributed by atoms with van der Waals surface area (Å²) >= 11 is 0. The number of ether oxygens (including phenoxy) is 3. The van der Waals surface area contributed by atoms with E-state index in [-0.39, 0.29) is 17.0 Å². The maximum absolute atomic E-state index is 12.5. The van der Waals surface area contributed by atoms with E-state index in [0.29, 0.717) is 35.8 Å². The molecule has 10 heteroatoms. The lowest BCUT2D eigenvalue weighted by atomic mass is 10.2. The predicted molar refractivity (Wildman–Crippen MR) is 128 cm³/mol. The van der Waals surface area contributed by atoms with Crippen LogP contribution in [0.4, 0.5) is 5.69 Å². The summed E-state index contributed by atoms with van der Waals surface area (Å²) in [5.41, 5.74) is 3.40. The van der Waals surface area contributed by atoms with E-state index in [9.17, 15) is 19.7 Å². The van der Waals surface area contributed by atoms with Gasteiger partial charge in [-0.05, 0) is 74.0 Å². The van der Waals surface area contributed by atoms with Crippen molar-refractivity contribution in [1.29, 1.82) is 0 Å². The van der Waals surface area contributed by atoms with Gasteiger partial charge in [0.25, 0.3) is 11.6 Å². The molecular formula is C25H23N3O7. The molecule has 0 radical (unpaired) electrons. The smallest absolute Gasteiger partial charge is 0.343 e. The molecule has 180 valence electrons. The molecule has 3 aromatic carbocycles. The predicted octanol–water partition coefficient (Wildman–Crippen LogP) is 4.38. The van der Waals surface area contributed by atoms with Crippen molar-refractivity contribution >= 4 is 23.8 Å². The SMILES string of the molecule is CCOc1ccc(C(=O)Oc2ccc(/C=N/NC(=O)c3ccc([N+](=O)[O-])cc3)cc2OCC)cc1. The van der Waals surface area contributed by atoms with Crippen LogP contribution >= 0.6 is 0 Å². The minimum Gasteiger partial charge on any atom is -0.494 e. The lowest BCUT2D eigenvalue weighted by Crippen LogP contribution is -2.17. The third-order valence-electron chi connectivity index (χ3n) is 4.59. The summed E-state index contributed by atoms with van der Waals surface area (Å²) < 4.78 is 16.5. The summed E-state index contributed by atoms with van der Waals surface area (Å²) in [6, 6.07) is 16.6. The Morgan fingerprint density at radius 2 is 1.57 bits per heavy atom. The van der Waals surface area contributed by atoms with Crippen molar-refractivity contribution in [2.75, 3.05) is 13.2 Å². The zero-order valence-electron chi connectivity index (χ0n) is 19.1. The molecule has 0 bridgehead atoms. The van der Waals surface area contributed by atoms with Crippen LogP contribution in [0.1, 0.15) is 40.1 Å². The maximum atomic E-state index is 12.5. The van der Waals surface area contributed by atoms with E-state index in [1.54, 1.807) is 49.4 Å². The fourth-order valence-corrected chi connectivity index (χ4v) is 2.93. The van der Waals surface area contributed by atoms with Crippen LogP contribution in [0.15, 0.2) is 71.8 Å². The fourth-order valence-electron chi connectivity index (χ4n) is 2.93. The van der Waals surface area contributed by atoms with E-state index in [1.165, 1.54) is 30.5 Å². The number of rotatable bonds is 10. The molecule has 0 aliphatic heterocycles. The second kappa shape index (κ2) is 11.9. The molecule has 0 saturated heterocycles. The van der Waals surface area contributed by atoms with E-state index < -0.39 is 16.8 Å². The van der Waals surface area contributed by atoms with Crippen molar-refractivity contribution < 1.29 is 28.7 Å². The van der Waals surface area contributed by atoms with Gasteiger partial charge in [0, 0.05) is 17.7 Å². The molecule has 0 aliphatic carbocycles. The van der Waals surface area contributed by atoms with E-state index >= 15 is 0 Å². The topological polar surface area (TPSA) is 129 Å². The van der Waals surface area contributed by atoms with E-state index in [1.807, 2.05) is 6.92 Å². The number of benzene rings is 3. The Kier molecular flexibility index (Phi) is 8.49. The second-order valence-electron chi connectivity index (χ2n) is 6.99. The monoisotopic (exact) mass is 477 g/mol. The molecule has 0 aromatic heterocycles. The minimum absolute atomic E-state index is 0.114. The van der Waals surface area contributed by atoms with Crippen LogP contribution < -0.4 is 19.6 Å². The van der Waals surface area contributed by atoms with Gasteiger partial charge in [-0.2, -0.15) is 5.10 Å². The highest BCUT2D eigenvalue weighted by molar-refractivity contribution is 5.95. The maximum Gasteiger partial charge on any atom is 0.343 e. The van der Waals surface area contributed by atoms with Gasteiger partial charge in [-0.25, -0.2) is 10.2 Å². The number of nitro benzene ring substituents is 1. The molecule has 1 amide bonds. The van der Waals surface area contributed by atoms with Gasteiger partial charge in [0.1, 0.15) is 5.75 Å². The number of esters is 1. The first-order valence-corrected chi connectivity index (χ1v) is 10.7. The highest BCUT2D eigenvalue weighted by Crippen LogP contribution is 2.29. The van der Waals surface area contributed by atoms with Crippen LogP contribution in [-0.2, 0) is 0 Å². The van der Waals surface area contributed by atoms with E-state index in [4.69, 9.17) is 14.2 Å². The Labute approximate surface area is 201 Å². The highest BCUT2D eigenvalue weighted by Gasteiger charge is 2.14. The third-order valence-corrected chi connectivity index (χ3v) is 4.59. The number of hydrogen-bond acceptors (Lipinski definition) is 8. The quantitative estimate of drug-likeness (QED) is 0.151. The zero-order chi connectivity index (χ0) is 25.2. The van der Waals surface area contributed by atoms with Gasteiger partial charge in [0.15, 0.2) is 11.5 Å². The highest BCUT2D eigenvalue weighted by atomic mass is 16.6. The first kappa shape index (κ1) is 24.9. The number of nitro groups is 1. The van der Waals surface area contributed by atoms with Crippen LogP contribution in [0, 0.1) is 10.1 Å². The average Bonchev–Trinajstić information content (AvgIpc) is 2.86. The van der Waals surface area contributed by atoms with Gasteiger partial charge in [0.05, 0.1) is 29.9 Å². The lowest BCUT2D eigenvalue weighted by molar-refractivity contribution is -0.384. The van der Waals surface area contributed by atoms with E-state index in [2.05, 4.69) is 10.5 Å². The zero-order valence-corrected chi connectivity index (χ0v) is 19.1. The molecule has 0 heterocycles. The van der Waals surface area contributed by atoms with Crippen molar-refractivity contribution in [3.8, 4) is 17.2 Å². The van der Waals surface area contributed by atoms with Gasteiger partial charge in [0.2, 0.25) is 0 Å². The number of amides is 1. The van der Waals surface area contributed by atoms with Crippen molar-refractivity contribution in [2.24, 2.45) is 5.10 Å². The Bertz CT molecular complexity index is 1220. The summed E-state index contributed by atoms with van der Waals surface area (Å²) in [7, 11) is 0. The summed E-state index contributed by atoms with van der Waals surface area (Å²) in [4.78, 5) is 34.9. The number of non-ortho nitro benzene ring substituents is 1. The Morgan fingerprint density at radius 1 is 0.914 bits per heavy atom. The largest absolute Gasteiger partial charge is 0.494 e. The Morgan fingerprint density at radius 3 is 2.20 bits per heavy atom. The number of carbonyl (C=O) groups is 2. The van der Waals surface area contributed by atoms with Crippen molar-refractivity contribution in [1.82, 2.24) is 5.43 Å². The van der Waals surface area contributed by atoms with Crippen molar-refractivity contribution in [3.05, 3.63) is 93.5 Å². The molecular weight excluding hydrogens is 454 g/mol. The first-order chi connectivity index (χ1) is 16.9. The molecule has 3 rings (SSSR count). The third kappa shape index (κ3) is 6.87. The summed E-state index contributed by atoms with van der Waals surface area (Å²) in [5, 5.41) is 14.6. The van der Waals surface area contributed by atoms with Crippen LogP contribution in [0.2, 0.25) is 0 Å². The van der Waals surface area contributed by atoms with Gasteiger partial charge in [-0.1, -0.05) is 0 Å². The molecule has 0 spiro atoms. The second-order valence-corrected chi connectivity index (χ2v) is 6.99. The molecule has 1 N–H and O–H groups in total. The normalized spacial score (nSPS) is 10.6. The molecule has 10 nitrogen and oxygen atoms in total. The molecule has 35 heavy (non-hydrogen) atoms. The average molecular weight is 477 g/mol. The molecule has 0 atom stereocenters. The number of carbonyl (C=O) groups excluding carboxylic acids is 2. The Hall–Kier alpha value is -4.73. The van der Waals surface area contributed by atoms with Gasteiger partial charge >= 0.3 is 5.97 Å². The van der Waals surface area contributed by atoms with Crippen LogP contribution in [0.5, 0.6) is 17.2 Å². The Balaban J connectivity index is 1.66. The molecule has 0 saturated carbocycles. The summed E-state index contributed by atoms with van der Waals surface area (Å²) in [6.07, 6.45) is 1.39. The number of nitrogens with zero attached hydrogens (tertiary/aromatic N) is 2.